The van der Waals surface area contributed by atoms with Crippen molar-refractivity contribution >= 4 is 27.3 Å². The van der Waals surface area contributed by atoms with Crippen LogP contribution >= 0.6 is 11.6 Å². The largest absolute Gasteiger partial charge is 0.264 e. The van der Waals surface area contributed by atoms with E-state index in [2.05, 4.69) is 15.4 Å². The van der Waals surface area contributed by atoms with Gasteiger partial charge in [0.2, 0.25) is 0 Å². The molecule has 0 amide bonds. The van der Waals surface area contributed by atoms with Crippen molar-refractivity contribution < 1.29 is 17.2 Å². The second-order valence-corrected chi connectivity index (χ2v) is 9.10. The van der Waals surface area contributed by atoms with E-state index < -0.39 is 27.3 Å². The van der Waals surface area contributed by atoms with Gasteiger partial charge in [0.15, 0.2) is 6.33 Å². The summed E-state index contributed by atoms with van der Waals surface area (Å²) in [5, 5.41) is 11.8. The number of halogens is 3. The Kier molecular flexibility index (Phi) is 6.15. The number of hydrogen-bond donors (Lipinski definition) is 0. The molecular weight excluding hydrogens is 460 g/mol. The van der Waals surface area contributed by atoms with E-state index in [0.29, 0.717) is 16.1 Å². The fourth-order valence-corrected chi connectivity index (χ4v) is 4.71. The zero-order valence-corrected chi connectivity index (χ0v) is 18.0. The molecule has 0 spiro atoms. The minimum absolute atomic E-state index is 0.110. The Bertz CT molecular complexity index is 1330. The number of nitrogens with zero attached hydrogens (tertiary/aromatic N) is 5. The Balaban J connectivity index is 1.81. The molecule has 164 valence electrons. The maximum atomic E-state index is 14.7. The van der Waals surface area contributed by atoms with Gasteiger partial charge in [-0.05, 0) is 52.7 Å². The van der Waals surface area contributed by atoms with Crippen molar-refractivity contribution in [1.82, 2.24) is 20.2 Å². The Morgan fingerprint density at radius 2 is 1.69 bits per heavy atom. The van der Waals surface area contributed by atoms with Crippen molar-refractivity contribution in [2.45, 2.75) is 18.0 Å². The number of tetrazole rings is 1. The standard InChI is InChI=1S/C21H16ClF2N5O2S/c22-17-5-8-19(9-6-17)32(30,31)28(21-11-18(23)7-10-20(21)24)12-15-3-1-2-4-16(15)13-29-26-14-25-27-29/h1-11,14H,12-13H2. The summed E-state index contributed by atoms with van der Waals surface area (Å²) in [6.45, 7) is -0.0349. The summed E-state index contributed by atoms with van der Waals surface area (Å²) in [5.74, 6) is -1.64. The Hall–Kier alpha value is -3.37. The van der Waals surface area contributed by atoms with E-state index in [4.69, 9.17) is 11.6 Å². The van der Waals surface area contributed by atoms with Crippen LogP contribution in [0, 0.1) is 11.6 Å². The van der Waals surface area contributed by atoms with Gasteiger partial charge in [-0.15, -0.1) is 10.2 Å². The molecule has 1 heterocycles. The summed E-state index contributed by atoms with van der Waals surface area (Å²) < 4.78 is 56.5. The van der Waals surface area contributed by atoms with E-state index in [1.807, 2.05) is 0 Å². The molecule has 0 aliphatic rings. The average molecular weight is 476 g/mol. The number of anilines is 1. The van der Waals surface area contributed by atoms with Gasteiger partial charge in [-0.2, -0.15) is 4.80 Å². The molecule has 32 heavy (non-hydrogen) atoms. The lowest BCUT2D eigenvalue weighted by Crippen LogP contribution is -2.32. The van der Waals surface area contributed by atoms with Crippen molar-refractivity contribution in [3.63, 3.8) is 0 Å². The predicted octanol–water partition coefficient (Wildman–Crippen LogP) is 4.05. The zero-order valence-electron chi connectivity index (χ0n) is 16.4. The minimum atomic E-state index is -4.27. The van der Waals surface area contributed by atoms with Gasteiger partial charge in [-0.1, -0.05) is 35.9 Å². The first-order chi connectivity index (χ1) is 15.3. The van der Waals surface area contributed by atoms with Crippen LogP contribution in [0.3, 0.4) is 0 Å². The third-order valence-corrected chi connectivity index (χ3v) is 6.74. The lowest BCUT2D eigenvalue weighted by atomic mass is 10.1. The fraction of sp³-hybridized carbons (Fsp3) is 0.0952. The van der Waals surface area contributed by atoms with Crippen LogP contribution in [-0.2, 0) is 23.1 Å². The lowest BCUT2D eigenvalue weighted by Gasteiger charge is -2.26. The lowest BCUT2D eigenvalue weighted by molar-refractivity contribution is 0.567. The van der Waals surface area contributed by atoms with Crippen molar-refractivity contribution in [1.29, 1.82) is 0 Å². The zero-order chi connectivity index (χ0) is 22.7. The highest BCUT2D eigenvalue weighted by Gasteiger charge is 2.28. The van der Waals surface area contributed by atoms with E-state index >= 15 is 0 Å². The maximum Gasteiger partial charge on any atom is 0.264 e. The molecule has 11 heteroatoms. The van der Waals surface area contributed by atoms with E-state index in [1.165, 1.54) is 35.4 Å². The van der Waals surface area contributed by atoms with Gasteiger partial charge in [-0.25, -0.2) is 17.2 Å². The molecule has 0 atom stereocenters. The molecule has 4 rings (SSSR count). The van der Waals surface area contributed by atoms with E-state index in [0.717, 1.165) is 22.5 Å². The Morgan fingerprint density at radius 1 is 0.969 bits per heavy atom. The van der Waals surface area contributed by atoms with Gasteiger partial charge >= 0.3 is 0 Å². The van der Waals surface area contributed by atoms with Crippen LogP contribution < -0.4 is 4.31 Å². The van der Waals surface area contributed by atoms with Crippen molar-refractivity contribution in [2.75, 3.05) is 4.31 Å². The molecule has 0 bridgehead atoms. The highest BCUT2D eigenvalue weighted by Crippen LogP contribution is 2.30. The van der Waals surface area contributed by atoms with Gasteiger partial charge in [0.1, 0.15) is 11.6 Å². The monoisotopic (exact) mass is 475 g/mol. The summed E-state index contributed by atoms with van der Waals surface area (Å²) in [7, 11) is -4.27. The van der Waals surface area contributed by atoms with Crippen LogP contribution in [0.1, 0.15) is 11.1 Å². The summed E-state index contributed by atoms with van der Waals surface area (Å²) in [5.41, 5.74) is 0.846. The maximum absolute atomic E-state index is 14.7. The van der Waals surface area contributed by atoms with Crippen molar-refractivity contribution in [3.05, 3.63) is 101 Å². The summed E-state index contributed by atoms with van der Waals surface area (Å²) >= 11 is 5.89. The van der Waals surface area contributed by atoms with Crippen molar-refractivity contribution in [3.8, 4) is 0 Å². The van der Waals surface area contributed by atoms with Gasteiger partial charge in [0, 0.05) is 11.1 Å². The molecule has 0 saturated carbocycles. The molecule has 3 aromatic carbocycles. The van der Waals surface area contributed by atoms with Gasteiger partial charge in [0.25, 0.3) is 10.0 Å². The topological polar surface area (TPSA) is 81.0 Å². The van der Waals surface area contributed by atoms with Gasteiger partial charge in [0.05, 0.1) is 23.7 Å². The molecule has 0 aliphatic heterocycles. The number of aromatic nitrogens is 4. The molecule has 0 saturated heterocycles. The minimum Gasteiger partial charge on any atom is -0.259 e. The molecular formula is C21H16ClF2N5O2S. The number of benzene rings is 3. The normalized spacial score (nSPS) is 11.5. The second-order valence-electron chi connectivity index (χ2n) is 6.80. The molecule has 0 N–H and O–H groups in total. The third-order valence-electron chi connectivity index (χ3n) is 4.71. The molecule has 4 aromatic rings. The predicted molar refractivity (Wildman–Crippen MR) is 115 cm³/mol. The highest BCUT2D eigenvalue weighted by molar-refractivity contribution is 7.92. The average Bonchev–Trinajstić information content (AvgIpc) is 3.28. The number of rotatable bonds is 7. The Labute approximate surface area is 187 Å². The first-order valence-corrected chi connectivity index (χ1v) is 11.2. The highest BCUT2D eigenvalue weighted by atomic mass is 35.5. The number of sulfonamides is 1. The van der Waals surface area contributed by atoms with E-state index in [1.54, 1.807) is 24.3 Å². The van der Waals surface area contributed by atoms with E-state index in [9.17, 15) is 17.2 Å². The fourth-order valence-electron chi connectivity index (χ4n) is 3.14. The SMILES string of the molecule is O=S(=O)(c1ccc(Cl)cc1)N(Cc1ccccc1Cn1ncnn1)c1cc(F)ccc1F. The first-order valence-electron chi connectivity index (χ1n) is 9.35. The van der Waals surface area contributed by atoms with Gasteiger partial charge < -0.3 is 0 Å². The van der Waals surface area contributed by atoms with Crippen LogP contribution in [0.2, 0.25) is 5.02 Å². The first kappa shape index (κ1) is 21.8. The smallest absolute Gasteiger partial charge is 0.259 e. The summed E-state index contributed by atoms with van der Waals surface area (Å²) in [6, 6.07) is 15.1. The van der Waals surface area contributed by atoms with Gasteiger partial charge in [-0.3, -0.25) is 4.31 Å². The molecule has 1 aromatic heterocycles. The molecule has 0 aliphatic carbocycles. The Morgan fingerprint density at radius 3 is 2.38 bits per heavy atom. The van der Waals surface area contributed by atoms with Crippen LogP contribution in [-0.4, -0.2) is 28.6 Å². The van der Waals surface area contributed by atoms with Crippen LogP contribution in [0.25, 0.3) is 0 Å². The molecule has 0 fully saturated rings. The summed E-state index contributed by atoms with van der Waals surface area (Å²) in [6.07, 6.45) is 1.28. The molecule has 7 nitrogen and oxygen atoms in total. The van der Waals surface area contributed by atoms with E-state index in [-0.39, 0.29) is 18.0 Å². The second kappa shape index (κ2) is 9.01. The molecule has 0 radical (unpaired) electrons. The quantitative estimate of drug-likeness (QED) is 0.403. The molecule has 0 unspecified atom stereocenters. The van der Waals surface area contributed by atoms with Crippen LogP contribution in [0.15, 0.2) is 78.0 Å². The van der Waals surface area contributed by atoms with Crippen LogP contribution in [0.4, 0.5) is 14.5 Å². The van der Waals surface area contributed by atoms with Crippen molar-refractivity contribution in [2.24, 2.45) is 0 Å². The summed E-state index contributed by atoms with van der Waals surface area (Å²) in [4.78, 5) is 1.22. The third kappa shape index (κ3) is 4.61. The van der Waals surface area contributed by atoms with Crippen LogP contribution in [0.5, 0.6) is 0 Å². The number of hydrogen-bond acceptors (Lipinski definition) is 5.